The van der Waals surface area contributed by atoms with E-state index in [2.05, 4.69) is 0 Å². The summed E-state index contributed by atoms with van der Waals surface area (Å²) in [5.74, 6) is 0.143. The van der Waals surface area contributed by atoms with Crippen molar-refractivity contribution in [1.82, 2.24) is 14.4 Å². The van der Waals surface area contributed by atoms with E-state index in [0.717, 1.165) is 19.3 Å². The smallest absolute Gasteiger partial charge is 0.250 e. The highest BCUT2D eigenvalue weighted by atomic mass is 16.5. The Balaban J connectivity index is 1.66. The number of aromatic nitrogens is 1. The molecule has 2 aliphatic heterocycles. The minimum Gasteiger partial charge on any atom is -0.383 e. The molecule has 1 aromatic rings. The SMILES string of the molecule is COCCN1C[C@]2(CCCN(C(=O)Cn3ccccc3=O)C2)CCC1=O. The van der Waals surface area contributed by atoms with Crippen LogP contribution in [0.3, 0.4) is 0 Å². The molecule has 2 amide bonds. The van der Waals surface area contributed by atoms with Gasteiger partial charge < -0.3 is 19.1 Å². The molecular weight excluding hydrogens is 334 g/mol. The molecule has 3 rings (SSSR count). The largest absolute Gasteiger partial charge is 0.383 e. The van der Waals surface area contributed by atoms with Crippen molar-refractivity contribution in [1.29, 1.82) is 0 Å². The molecule has 26 heavy (non-hydrogen) atoms. The first-order chi connectivity index (χ1) is 12.5. The highest BCUT2D eigenvalue weighted by Crippen LogP contribution is 2.38. The second kappa shape index (κ2) is 8.03. The molecule has 0 bridgehead atoms. The number of amides is 2. The molecule has 0 aliphatic carbocycles. The fourth-order valence-corrected chi connectivity index (χ4v) is 4.10. The zero-order valence-corrected chi connectivity index (χ0v) is 15.4. The first-order valence-electron chi connectivity index (χ1n) is 9.23. The topological polar surface area (TPSA) is 71.8 Å². The second-order valence-corrected chi connectivity index (χ2v) is 7.39. The highest BCUT2D eigenvalue weighted by Gasteiger charge is 2.42. The third kappa shape index (κ3) is 4.15. The summed E-state index contributed by atoms with van der Waals surface area (Å²) in [5, 5.41) is 0. The number of likely N-dealkylation sites (tertiary alicyclic amines) is 2. The van der Waals surface area contributed by atoms with Gasteiger partial charge in [0.1, 0.15) is 6.54 Å². The monoisotopic (exact) mass is 361 g/mol. The normalized spacial score (nSPS) is 23.5. The third-order valence-electron chi connectivity index (χ3n) is 5.53. The van der Waals surface area contributed by atoms with E-state index in [9.17, 15) is 14.4 Å². The van der Waals surface area contributed by atoms with Gasteiger partial charge in [-0.1, -0.05) is 6.07 Å². The molecule has 0 saturated carbocycles. The molecule has 0 unspecified atom stereocenters. The van der Waals surface area contributed by atoms with E-state index < -0.39 is 0 Å². The summed E-state index contributed by atoms with van der Waals surface area (Å²) >= 11 is 0. The molecular formula is C19H27N3O4. The van der Waals surface area contributed by atoms with Gasteiger partial charge >= 0.3 is 0 Å². The molecule has 7 nitrogen and oxygen atoms in total. The van der Waals surface area contributed by atoms with Crippen LogP contribution in [0.15, 0.2) is 29.2 Å². The van der Waals surface area contributed by atoms with Crippen molar-refractivity contribution >= 4 is 11.8 Å². The first kappa shape index (κ1) is 18.6. The van der Waals surface area contributed by atoms with Crippen molar-refractivity contribution in [2.75, 3.05) is 39.9 Å². The van der Waals surface area contributed by atoms with Crippen molar-refractivity contribution in [3.63, 3.8) is 0 Å². The van der Waals surface area contributed by atoms with Gasteiger partial charge in [0.2, 0.25) is 11.8 Å². The maximum atomic E-state index is 12.7. The van der Waals surface area contributed by atoms with Crippen LogP contribution in [0.2, 0.25) is 0 Å². The van der Waals surface area contributed by atoms with E-state index in [4.69, 9.17) is 4.74 Å². The minimum atomic E-state index is -0.165. The fourth-order valence-electron chi connectivity index (χ4n) is 4.10. The number of carbonyl (C=O) groups is 2. The van der Waals surface area contributed by atoms with Crippen LogP contribution in [0.1, 0.15) is 25.7 Å². The van der Waals surface area contributed by atoms with E-state index in [1.165, 1.54) is 10.6 Å². The number of nitrogens with zero attached hydrogens (tertiary/aromatic N) is 3. The molecule has 0 aromatic carbocycles. The Morgan fingerprint density at radius 3 is 2.85 bits per heavy atom. The lowest BCUT2D eigenvalue weighted by Gasteiger charge is -2.48. The second-order valence-electron chi connectivity index (χ2n) is 7.39. The summed E-state index contributed by atoms with van der Waals surface area (Å²) in [6, 6.07) is 4.89. The maximum Gasteiger partial charge on any atom is 0.250 e. The van der Waals surface area contributed by atoms with Crippen LogP contribution in [-0.2, 0) is 20.9 Å². The van der Waals surface area contributed by atoms with Crippen LogP contribution in [0.4, 0.5) is 0 Å². The first-order valence-corrected chi connectivity index (χ1v) is 9.23. The zero-order chi connectivity index (χ0) is 18.6. The van der Waals surface area contributed by atoms with Crippen molar-refractivity contribution in [2.24, 2.45) is 5.41 Å². The standard InChI is InChI=1S/C19H27N3O4/c1-26-12-11-22-15-19(8-6-17(22)24)7-4-10-21(14-19)18(25)13-20-9-3-2-5-16(20)23/h2-3,5,9H,4,6-8,10-15H2,1H3/t19-/m1/s1. The Bertz CT molecular complexity index is 717. The van der Waals surface area contributed by atoms with Crippen LogP contribution in [0.25, 0.3) is 0 Å². The van der Waals surface area contributed by atoms with Gasteiger partial charge in [-0.25, -0.2) is 0 Å². The predicted molar refractivity (Wildman–Crippen MR) is 96.6 cm³/mol. The van der Waals surface area contributed by atoms with Crippen molar-refractivity contribution in [2.45, 2.75) is 32.2 Å². The number of ether oxygens (including phenoxy) is 1. The third-order valence-corrected chi connectivity index (χ3v) is 5.53. The van der Waals surface area contributed by atoms with E-state index in [-0.39, 0.29) is 29.3 Å². The summed E-state index contributed by atoms with van der Waals surface area (Å²) < 4.78 is 6.56. The van der Waals surface area contributed by atoms with Gasteiger partial charge in [0.05, 0.1) is 6.61 Å². The number of piperidine rings is 2. The summed E-state index contributed by atoms with van der Waals surface area (Å²) in [6.07, 6.45) is 4.96. The zero-order valence-electron chi connectivity index (χ0n) is 15.4. The molecule has 2 saturated heterocycles. The van der Waals surface area contributed by atoms with Gasteiger partial charge in [-0.3, -0.25) is 14.4 Å². The summed E-state index contributed by atoms with van der Waals surface area (Å²) in [6.45, 7) is 3.26. The Hall–Kier alpha value is -2.15. The maximum absolute atomic E-state index is 12.7. The highest BCUT2D eigenvalue weighted by molar-refractivity contribution is 5.78. The average molecular weight is 361 g/mol. The number of hydrogen-bond acceptors (Lipinski definition) is 4. The fraction of sp³-hybridized carbons (Fsp3) is 0.632. The van der Waals surface area contributed by atoms with Gasteiger partial charge in [0, 0.05) is 57.4 Å². The van der Waals surface area contributed by atoms with Gasteiger partial charge in [-0.2, -0.15) is 0 Å². The molecule has 1 spiro atoms. The molecule has 1 atom stereocenters. The van der Waals surface area contributed by atoms with Crippen LogP contribution in [-0.4, -0.2) is 66.1 Å². The Morgan fingerprint density at radius 2 is 2.08 bits per heavy atom. The lowest BCUT2D eigenvalue weighted by molar-refractivity contribution is -0.143. The molecule has 2 aliphatic rings. The van der Waals surface area contributed by atoms with Gasteiger partial charge in [0.25, 0.3) is 5.56 Å². The minimum absolute atomic E-state index is 0.0299. The van der Waals surface area contributed by atoms with Crippen molar-refractivity contribution in [3.05, 3.63) is 34.7 Å². The summed E-state index contributed by atoms with van der Waals surface area (Å²) in [4.78, 5) is 40.5. The number of rotatable bonds is 5. The van der Waals surface area contributed by atoms with Gasteiger partial charge in [0.15, 0.2) is 0 Å². The van der Waals surface area contributed by atoms with Crippen molar-refractivity contribution in [3.8, 4) is 0 Å². The van der Waals surface area contributed by atoms with Gasteiger partial charge in [-0.15, -0.1) is 0 Å². The van der Waals surface area contributed by atoms with E-state index in [1.54, 1.807) is 25.4 Å². The Kier molecular flexibility index (Phi) is 5.76. The Labute approximate surface area is 153 Å². The average Bonchev–Trinajstić information content (AvgIpc) is 2.65. The summed E-state index contributed by atoms with van der Waals surface area (Å²) in [7, 11) is 1.64. The molecule has 3 heterocycles. The van der Waals surface area contributed by atoms with E-state index >= 15 is 0 Å². The predicted octanol–water partition coefficient (Wildman–Crippen LogP) is 0.726. The molecule has 0 N–H and O–H groups in total. The molecule has 142 valence electrons. The number of pyridine rings is 1. The Morgan fingerprint density at radius 1 is 1.23 bits per heavy atom. The molecule has 2 fully saturated rings. The van der Waals surface area contributed by atoms with Crippen molar-refractivity contribution < 1.29 is 14.3 Å². The van der Waals surface area contributed by atoms with E-state index in [1.807, 2.05) is 9.80 Å². The number of hydrogen-bond donors (Lipinski definition) is 0. The van der Waals surface area contributed by atoms with Gasteiger partial charge in [-0.05, 0) is 25.3 Å². The lowest BCUT2D eigenvalue weighted by atomic mass is 9.73. The molecule has 1 aromatic heterocycles. The van der Waals surface area contributed by atoms with Crippen LogP contribution in [0.5, 0.6) is 0 Å². The lowest BCUT2D eigenvalue weighted by Crippen LogP contribution is -2.56. The summed E-state index contributed by atoms with van der Waals surface area (Å²) in [5.41, 5.74) is -0.196. The quantitative estimate of drug-likeness (QED) is 0.775. The number of carbonyl (C=O) groups excluding carboxylic acids is 2. The van der Waals surface area contributed by atoms with E-state index in [0.29, 0.717) is 39.2 Å². The van der Waals surface area contributed by atoms with Crippen LogP contribution < -0.4 is 5.56 Å². The number of methoxy groups -OCH3 is 1. The molecule has 0 radical (unpaired) electrons. The van der Waals surface area contributed by atoms with Crippen LogP contribution >= 0.6 is 0 Å². The van der Waals surface area contributed by atoms with Crippen LogP contribution in [0, 0.1) is 5.41 Å². The molecule has 7 heteroatoms.